The molecule has 0 N–H and O–H groups in total. The van der Waals surface area contributed by atoms with Gasteiger partial charge in [0, 0.05) is 18.2 Å². The van der Waals surface area contributed by atoms with Gasteiger partial charge in [-0.05, 0) is 43.2 Å². The molecule has 0 saturated carbocycles. The van der Waals surface area contributed by atoms with Crippen molar-refractivity contribution in [3.8, 4) is 5.75 Å². The van der Waals surface area contributed by atoms with Gasteiger partial charge in [0.2, 0.25) is 0 Å². The van der Waals surface area contributed by atoms with Gasteiger partial charge in [0.1, 0.15) is 11.5 Å². The Labute approximate surface area is 126 Å². The summed E-state index contributed by atoms with van der Waals surface area (Å²) in [6, 6.07) is 3.59. The first-order chi connectivity index (χ1) is 9.99. The summed E-state index contributed by atoms with van der Waals surface area (Å²) in [6.07, 6.45) is 7.39. The van der Waals surface area contributed by atoms with Gasteiger partial charge in [-0.25, -0.2) is 0 Å². The molecule has 3 heteroatoms. The average Bonchev–Trinajstić information content (AvgIpc) is 2.47. The summed E-state index contributed by atoms with van der Waals surface area (Å²) >= 11 is 0. The molecule has 0 fully saturated rings. The van der Waals surface area contributed by atoms with Crippen LogP contribution in [0.3, 0.4) is 0 Å². The zero-order valence-electron chi connectivity index (χ0n) is 12.8. The first kappa shape index (κ1) is 16.6. The predicted octanol–water partition coefficient (Wildman–Crippen LogP) is 4.40. The number of carbonyl (C=O) groups excluding carboxylic acids is 1. The highest BCUT2D eigenvalue weighted by molar-refractivity contribution is 5.99. The Balaban J connectivity index is 2.85. The third-order valence-corrected chi connectivity index (χ3v) is 2.96. The van der Waals surface area contributed by atoms with E-state index in [4.69, 9.17) is 4.74 Å². The summed E-state index contributed by atoms with van der Waals surface area (Å²) in [5, 5.41) is 0. The molecule has 0 atom stereocenters. The first-order valence-corrected chi connectivity index (χ1v) is 6.83. The third-order valence-electron chi connectivity index (χ3n) is 2.96. The van der Waals surface area contributed by atoms with Gasteiger partial charge >= 0.3 is 0 Å². The van der Waals surface area contributed by atoms with Crippen molar-refractivity contribution in [2.24, 2.45) is 0 Å². The summed E-state index contributed by atoms with van der Waals surface area (Å²) in [4.78, 5) is 15.7. The molecule has 0 aromatic carbocycles. The maximum Gasteiger partial charge on any atom is 0.162 e. The lowest BCUT2D eigenvalue weighted by Gasteiger charge is -2.11. The van der Waals surface area contributed by atoms with Gasteiger partial charge in [-0.15, -0.1) is 0 Å². The molecule has 0 amide bonds. The number of allylic oxidation sites excluding steroid dienone is 5. The van der Waals surface area contributed by atoms with Crippen LogP contribution in [0.4, 0.5) is 0 Å². The molecule has 0 bridgehead atoms. The van der Waals surface area contributed by atoms with Gasteiger partial charge in [-0.3, -0.25) is 9.78 Å². The Morgan fingerprint density at radius 1 is 1.43 bits per heavy atom. The molecule has 1 heterocycles. The lowest BCUT2D eigenvalue weighted by Crippen LogP contribution is -2.04. The number of rotatable bonds is 7. The molecular weight excluding hydrogens is 262 g/mol. The summed E-state index contributed by atoms with van der Waals surface area (Å²) in [6.45, 7) is 13.3. The number of carbonyl (C=O) groups is 1. The molecule has 110 valence electrons. The highest BCUT2D eigenvalue weighted by Crippen LogP contribution is 2.21. The van der Waals surface area contributed by atoms with Gasteiger partial charge in [0.25, 0.3) is 0 Å². The number of aromatic nitrogens is 1. The molecule has 21 heavy (non-hydrogen) atoms. The molecule has 0 aliphatic carbocycles. The van der Waals surface area contributed by atoms with Crippen molar-refractivity contribution < 1.29 is 9.53 Å². The fourth-order valence-corrected chi connectivity index (χ4v) is 1.91. The first-order valence-electron chi connectivity index (χ1n) is 6.83. The van der Waals surface area contributed by atoms with E-state index in [1.807, 2.05) is 26.8 Å². The number of hydrogen-bond donors (Lipinski definition) is 0. The molecule has 0 radical (unpaired) electrons. The predicted molar refractivity (Wildman–Crippen MR) is 86.0 cm³/mol. The van der Waals surface area contributed by atoms with Crippen LogP contribution in [0.2, 0.25) is 0 Å². The van der Waals surface area contributed by atoms with Gasteiger partial charge in [0.05, 0.1) is 6.20 Å². The number of pyridine rings is 1. The van der Waals surface area contributed by atoms with E-state index in [0.29, 0.717) is 23.5 Å². The van der Waals surface area contributed by atoms with Crippen molar-refractivity contribution >= 4 is 5.78 Å². The van der Waals surface area contributed by atoms with E-state index in [2.05, 4.69) is 18.1 Å². The Morgan fingerprint density at radius 3 is 2.67 bits per heavy atom. The SMILES string of the molecule is C=C(/C=C(C)\C(=C/C)C(=C)C(=O)CC)Oc1cccnc1. The number of ketones is 1. The Hall–Kier alpha value is -2.42. The average molecular weight is 283 g/mol. The van der Waals surface area contributed by atoms with Crippen molar-refractivity contribution in [3.05, 3.63) is 72.3 Å². The highest BCUT2D eigenvalue weighted by Gasteiger charge is 2.11. The van der Waals surface area contributed by atoms with Crippen molar-refractivity contribution in [2.45, 2.75) is 27.2 Å². The van der Waals surface area contributed by atoms with Gasteiger partial charge in [-0.1, -0.05) is 26.2 Å². The normalized spacial score (nSPS) is 12.0. The molecule has 0 aliphatic heterocycles. The standard InChI is InChI=1S/C18H21NO2/c1-6-17(15(5)18(20)7-2)13(3)11-14(4)21-16-9-8-10-19-12-16/h6,8-12H,4-5,7H2,1-3H3/b13-11-,17-6+. The summed E-state index contributed by atoms with van der Waals surface area (Å²) in [5.41, 5.74) is 2.22. The van der Waals surface area contributed by atoms with E-state index in [1.54, 1.807) is 30.6 Å². The highest BCUT2D eigenvalue weighted by atomic mass is 16.5. The van der Waals surface area contributed by atoms with E-state index < -0.39 is 0 Å². The van der Waals surface area contributed by atoms with Crippen LogP contribution in [0, 0.1) is 0 Å². The molecule has 0 spiro atoms. The largest absolute Gasteiger partial charge is 0.456 e. The number of Topliss-reactive ketones (excluding diaryl/α,β-unsaturated/α-hetero) is 1. The molecule has 0 aliphatic rings. The molecule has 1 rings (SSSR count). The Bertz CT molecular complexity index is 595. The van der Waals surface area contributed by atoms with Gasteiger partial charge in [-0.2, -0.15) is 0 Å². The Kier molecular flexibility index (Phi) is 6.34. The fraction of sp³-hybridized carbons (Fsp3) is 0.222. The van der Waals surface area contributed by atoms with E-state index in [0.717, 1.165) is 11.1 Å². The molecule has 3 nitrogen and oxygen atoms in total. The van der Waals surface area contributed by atoms with Crippen LogP contribution in [0.25, 0.3) is 0 Å². The fourth-order valence-electron chi connectivity index (χ4n) is 1.91. The van der Waals surface area contributed by atoms with Crippen LogP contribution in [0.15, 0.2) is 72.3 Å². The van der Waals surface area contributed by atoms with Crippen LogP contribution in [-0.2, 0) is 4.79 Å². The molecule has 1 aromatic heterocycles. The van der Waals surface area contributed by atoms with Crippen LogP contribution in [0.1, 0.15) is 27.2 Å². The van der Waals surface area contributed by atoms with E-state index >= 15 is 0 Å². The summed E-state index contributed by atoms with van der Waals surface area (Å²) in [7, 11) is 0. The molecule has 0 saturated heterocycles. The molecule has 1 aromatic rings. The van der Waals surface area contributed by atoms with E-state index in [-0.39, 0.29) is 5.78 Å². The zero-order valence-corrected chi connectivity index (χ0v) is 12.8. The second-order valence-electron chi connectivity index (χ2n) is 4.54. The van der Waals surface area contributed by atoms with Crippen molar-refractivity contribution in [3.63, 3.8) is 0 Å². The minimum Gasteiger partial charge on any atom is -0.456 e. The minimum atomic E-state index is 0.0367. The smallest absolute Gasteiger partial charge is 0.162 e. The van der Waals surface area contributed by atoms with E-state index in [9.17, 15) is 4.79 Å². The van der Waals surface area contributed by atoms with Crippen LogP contribution in [0.5, 0.6) is 5.75 Å². The minimum absolute atomic E-state index is 0.0367. The molecular formula is C18H21NO2. The summed E-state index contributed by atoms with van der Waals surface area (Å²) in [5.74, 6) is 1.14. The lowest BCUT2D eigenvalue weighted by atomic mass is 9.95. The second kappa shape index (κ2) is 8.00. The van der Waals surface area contributed by atoms with Gasteiger partial charge < -0.3 is 4.74 Å². The maximum absolute atomic E-state index is 11.8. The van der Waals surface area contributed by atoms with Crippen molar-refractivity contribution in [2.75, 3.05) is 0 Å². The Morgan fingerprint density at radius 2 is 2.14 bits per heavy atom. The van der Waals surface area contributed by atoms with Crippen LogP contribution >= 0.6 is 0 Å². The number of nitrogens with zero attached hydrogens (tertiary/aromatic N) is 1. The zero-order chi connectivity index (χ0) is 15.8. The summed E-state index contributed by atoms with van der Waals surface area (Å²) < 4.78 is 5.57. The van der Waals surface area contributed by atoms with Crippen molar-refractivity contribution in [1.29, 1.82) is 0 Å². The van der Waals surface area contributed by atoms with Crippen LogP contribution < -0.4 is 4.74 Å². The maximum atomic E-state index is 11.8. The second-order valence-corrected chi connectivity index (χ2v) is 4.54. The topological polar surface area (TPSA) is 39.2 Å². The quantitative estimate of drug-likeness (QED) is 0.423. The number of ether oxygens (including phenoxy) is 1. The number of hydrogen-bond acceptors (Lipinski definition) is 3. The molecule has 0 unspecified atom stereocenters. The van der Waals surface area contributed by atoms with Crippen molar-refractivity contribution in [1.82, 2.24) is 4.98 Å². The third kappa shape index (κ3) is 4.88. The van der Waals surface area contributed by atoms with Crippen LogP contribution in [-0.4, -0.2) is 10.8 Å². The van der Waals surface area contributed by atoms with E-state index in [1.165, 1.54) is 0 Å². The lowest BCUT2D eigenvalue weighted by molar-refractivity contribution is -0.115. The van der Waals surface area contributed by atoms with Gasteiger partial charge in [0.15, 0.2) is 5.78 Å². The monoisotopic (exact) mass is 283 g/mol.